The molecule has 1 N–H and O–H groups in total. The molecule has 0 aliphatic rings. The lowest BCUT2D eigenvalue weighted by Gasteiger charge is -2.24. The molecule has 196 valence electrons. The van der Waals surface area contributed by atoms with E-state index in [2.05, 4.69) is 5.32 Å². The van der Waals surface area contributed by atoms with Crippen molar-refractivity contribution in [3.63, 3.8) is 0 Å². The molecule has 5 rings (SSSR count). The van der Waals surface area contributed by atoms with Crippen molar-refractivity contribution in [2.75, 3.05) is 7.05 Å². The fourth-order valence-electron chi connectivity index (χ4n) is 4.81. The minimum Gasteiger partial charge on any atom is -0.455 e. The van der Waals surface area contributed by atoms with Crippen LogP contribution in [0.5, 0.6) is 0 Å². The molecule has 0 aliphatic carbocycles. The van der Waals surface area contributed by atoms with Crippen LogP contribution in [0.2, 0.25) is 5.02 Å². The normalized spacial score (nSPS) is 11.5. The fraction of sp³-hybridized carbons (Fsp3) is 0.152. The summed E-state index contributed by atoms with van der Waals surface area (Å²) in [7, 11) is 1.56. The molecule has 0 fully saturated rings. The molecule has 0 saturated carbocycles. The summed E-state index contributed by atoms with van der Waals surface area (Å²) in [6.07, 6.45) is 0.334. The van der Waals surface area contributed by atoms with E-state index in [0.29, 0.717) is 44.9 Å². The van der Waals surface area contributed by atoms with E-state index >= 15 is 0 Å². The molecule has 0 spiro atoms. The van der Waals surface area contributed by atoms with Gasteiger partial charge in [0.05, 0.1) is 5.56 Å². The SMILES string of the molecule is CNC(=O)c1c(-c2ccc(F)cc2)oc2ccc(-c3cccc(C(=O)CC(C)(C)c4ccc(Cl)cc4)c3)cc12. The molecule has 5 aromatic rings. The molecule has 0 saturated heterocycles. The Morgan fingerprint density at radius 2 is 1.54 bits per heavy atom. The van der Waals surface area contributed by atoms with E-state index < -0.39 is 0 Å². The molecule has 0 radical (unpaired) electrons. The Morgan fingerprint density at radius 3 is 2.23 bits per heavy atom. The predicted octanol–water partition coefficient (Wildman–Crippen LogP) is 8.47. The summed E-state index contributed by atoms with van der Waals surface area (Å²) in [5.41, 5.74) is 4.48. The average Bonchev–Trinajstić information content (AvgIpc) is 3.32. The third-order valence-electron chi connectivity index (χ3n) is 6.99. The van der Waals surface area contributed by atoms with E-state index in [1.807, 2.05) is 80.6 Å². The number of rotatable bonds is 7. The lowest BCUT2D eigenvalue weighted by Crippen LogP contribution is -2.22. The summed E-state index contributed by atoms with van der Waals surface area (Å²) < 4.78 is 19.6. The summed E-state index contributed by atoms with van der Waals surface area (Å²) in [5.74, 6) is -0.274. The minimum absolute atomic E-state index is 0.0332. The van der Waals surface area contributed by atoms with E-state index in [0.717, 1.165) is 16.7 Å². The Morgan fingerprint density at radius 1 is 0.872 bits per heavy atom. The fourth-order valence-corrected chi connectivity index (χ4v) is 4.94. The van der Waals surface area contributed by atoms with Crippen molar-refractivity contribution in [3.05, 3.63) is 119 Å². The van der Waals surface area contributed by atoms with Crippen molar-refractivity contribution in [1.82, 2.24) is 5.32 Å². The maximum Gasteiger partial charge on any atom is 0.255 e. The molecular formula is C33H27ClFNO3. The second-order valence-corrected chi connectivity index (χ2v) is 10.6. The quantitative estimate of drug-likeness (QED) is 0.211. The van der Waals surface area contributed by atoms with Gasteiger partial charge in [0.25, 0.3) is 5.91 Å². The second-order valence-electron chi connectivity index (χ2n) is 10.2. The van der Waals surface area contributed by atoms with Crippen molar-refractivity contribution >= 4 is 34.3 Å². The largest absolute Gasteiger partial charge is 0.455 e. The number of Topliss-reactive ketones (excluding diaryl/α,β-unsaturated/α-hetero) is 1. The molecule has 0 aliphatic heterocycles. The standard InChI is InChI=1S/C33H27ClFNO3/c1-33(2,24-10-12-25(34)13-11-24)19-28(37)23-6-4-5-21(17-23)22-9-16-29-27(18-22)30(32(38)36-3)31(39-29)20-7-14-26(35)15-8-20/h4-18H,19H2,1-3H3,(H,36,38). The number of hydrogen-bond acceptors (Lipinski definition) is 3. The minimum atomic E-state index is -0.371. The number of halogens is 2. The first-order valence-electron chi connectivity index (χ1n) is 12.6. The van der Waals surface area contributed by atoms with Gasteiger partial charge < -0.3 is 9.73 Å². The van der Waals surface area contributed by atoms with Crippen LogP contribution in [0.15, 0.2) is 95.4 Å². The van der Waals surface area contributed by atoms with Crippen LogP contribution in [0.1, 0.15) is 46.5 Å². The Bertz CT molecular complexity index is 1690. The van der Waals surface area contributed by atoms with Crippen LogP contribution in [0.3, 0.4) is 0 Å². The smallest absolute Gasteiger partial charge is 0.255 e. The van der Waals surface area contributed by atoms with Crippen LogP contribution >= 0.6 is 11.6 Å². The highest BCUT2D eigenvalue weighted by Gasteiger charge is 2.26. The van der Waals surface area contributed by atoms with Crippen molar-refractivity contribution in [1.29, 1.82) is 0 Å². The van der Waals surface area contributed by atoms with Gasteiger partial charge in [-0.2, -0.15) is 0 Å². The Balaban J connectivity index is 1.50. The maximum atomic E-state index is 13.5. The van der Waals surface area contributed by atoms with Crippen molar-refractivity contribution in [2.24, 2.45) is 0 Å². The summed E-state index contributed by atoms with van der Waals surface area (Å²) in [4.78, 5) is 26.3. The molecule has 39 heavy (non-hydrogen) atoms. The lowest BCUT2D eigenvalue weighted by molar-refractivity contribution is 0.0952. The van der Waals surface area contributed by atoms with E-state index in [1.54, 1.807) is 19.2 Å². The predicted molar refractivity (Wildman–Crippen MR) is 154 cm³/mol. The third-order valence-corrected chi connectivity index (χ3v) is 7.25. The molecule has 6 heteroatoms. The van der Waals surface area contributed by atoms with Gasteiger partial charge in [-0.05, 0) is 76.7 Å². The molecule has 1 heterocycles. The highest BCUT2D eigenvalue weighted by atomic mass is 35.5. The average molecular weight is 540 g/mol. The Labute approximate surface area is 231 Å². The van der Waals surface area contributed by atoms with Gasteiger partial charge in [0.1, 0.15) is 17.2 Å². The topological polar surface area (TPSA) is 59.3 Å². The molecule has 0 bridgehead atoms. The van der Waals surface area contributed by atoms with Crippen molar-refractivity contribution in [2.45, 2.75) is 25.7 Å². The van der Waals surface area contributed by atoms with E-state index in [1.165, 1.54) is 12.1 Å². The third kappa shape index (κ3) is 5.36. The summed E-state index contributed by atoms with van der Waals surface area (Å²) in [6, 6.07) is 26.5. The number of furan rings is 1. The number of carbonyl (C=O) groups is 2. The molecular weight excluding hydrogens is 513 g/mol. The Kier molecular flexibility index (Phi) is 7.11. The number of nitrogens with one attached hydrogen (secondary N) is 1. The Hall–Kier alpha value is -4.22. The zero-order valence-electron chi connectivity index (χ0n) is 21.8. The first kappa shape index (κ1) is 26.4. The molecule has 4 nitrogen and oxygen atoms in total. The summed E-state index contributed by atoms with van der Waals surface area (Å²) in [5, 5.41) is 3.97. The first-order chi connectivity index (χ1) is 18.7. The molecule has 1 amide bonds. The van der Waals surface area contributed by atoms with Gasteiger partial charge in [-0.15, -0.1) is 0 Å². The van der Waals surface area contributed by atoms with Gasteiger partial charge in [0, 0.05) is 35.0 Å². The van der Waals surface area contributed by atoms with Gasteiger partial charge in [-0.3, -0.25) is 9.59 Å². The van der Waals surface area contributed by atoms with Crippen LogP contribution in [0.4, 0.5) is 4.39 Å². The highest BCUT2D eigenvalue weighted by Crippen LogP contribution is 2.37. The van der Waals surface area contributed by atoms with E-state index in [4.69, 9.17) is 16.0 Å². The monoisotopic (exact) mass is 539 g/mol. The van der Waals surface area contributed by atoms with Crippen LogP contribution in [-0.4, -0.2) is 18.7 Å². The second kappa shape index (κ2) is 10.5. The van der Waals surface area contributed by atoms with E-state index in [9.17, 15) is 14.0 Å². The summed E-state index contributed by atoms with van der Waals surface area (Å²) >= 11 is 6.04. The number of fused-ring (bicyclic) bond motifs is 1. The molecule has 4 aromatic carbocycles. The van der Waals surface area contributed by atoms with Gasteiger partial charge in [-0.25, -0.2) is 4.39 Å². The lowest BCUT2D eigenvalue weighted by atomic mass is 9.79. The van der Waals surface area contributed by atoms with Crippen LogP contribution < -0.4 is 5.32 Å². The van der Waals surface area contributed by atoms with Crippen LogP contribution in [-0.2, 0) is 5.41 Å². The van der Waals surface area contributed by atoms with Gasteiger partial charge >= 0.3 is 0 Å². The molecule has 0 unspecified atom stereocenters. The number of hydrogen-bond donors (Lipinski definition) is 1. The van der Waals surface area contributed by atoms with Crippen LogP contribution in [0, 0.1) is 5.82 Å². The zero-order valence-corrected chi connectivity index (χ0v) is 22.6. The highest BCUT2D eigenvalue weighted by molar-refractivity contribution is 6.30. The number of carbonyl (C=O) groups excluding carboxylic acids is 2. The number of benzene rings is 4. The number of ketones is 1. The number of amides is 1. The van der Waals surface area contributed by atoms with Gasteiger partial charge in [-0.1, -0.05) is 61.8 Å². The molecule has 0 atom stereocenters. The first-order valence-corrected chi connectivity index (χ1v) is 13.0. The maximum absolute atomic E-state index is 13.5. The zero-order chi connectivity index (χ0) is 27.7. The van der Waals surface area contributed by atoms with Gasteiger partial charge in [0.2, 0.25) is 0 Å². The molecule has 1 aromatic heterocycles. The summed E-state index contributed by atoms with van der Waals surface area (Å²) in [6.45, 7) is 4.09. The van der Waals surface area contributed by atoms with Crippen molar-refractivity contribution < 1.29 is 18.4 Å². The van der Waals surface area contributed by atoms with Gasteiger partial charge in [0.15, 0.2) is 5.78 Å². The van der Waals surface area contributed by atoms with Crippen molar-refractivity contribution in [3.8, 4) is 22.5 Å². The van der Waals surface area contributed by atoms with E-state index in [-0.39, 0.29) is 22.9 Å². The van der Waals surface area contributed by atoms with Crippen LogP contribution in [0.25, 0.3) is 33.4 Å².